The topological polar surface area (TPSA) is 68.7 Å². The molecule has 1 aromatic heterocycles. The van der Waals surface area contributed by atoms with E-state index in [0.717, 1.165) is 31.7 Å². The lowest BCUT2D eigenvalue weighted by Crippen LogP contribution is -2.45. The standard InChI is InChI=1S/C18H26N2O4/c1-12-14(16(21)23-4)8-9-15(19-12)20-10-6-7-13(11-20)18(2,3)17(22)24-5/h8-9,13H,6-7,10-11H2,1-5H3. The van der Waals surface area contributed by atoms with Crippen molar-refractivity contribution in [1.29, 1.82) is 0 Å². The molecule has 6 heteroatoms. The molecule has 24 heavy (non-hydrogen) atoms. The minimum absolute atomic E-state index is 0.181. The molecule has 2 heterocycles. The number of nitrogens with zero attached hydrogens (tertiary/aromatic N) is 2. The molecular formula is C18H26N2O4. The number of methoxy groups -OCH3 is 2. The fraction of sp³-hybridized carbons (Fsp3) is 0.611. The Morgan fingerprint density at radius 3 is 2.54 bits per heavy atom. The van der Waals surface area contributed by atoms with Crippen LogP contribution in [0.15, 0.2) is 12.1 Å². The Morgan fingerprint density at radius 2 is 1.96 bits per heavy atom. The molecule has 1 unspecified atom stereocenters. The van der Waals surface area contributed by atoms with Crippen LogP contribution < -0.4 is 4.90 Å². The number of ether oxygens (including phenoxy) is 2. The Morgan fingerprint density at radius 1 is 1.25 bits per heavy atom. The van der Waals surface area contributed by atoms with E-state index in [0.29, 0.717) is 11.3 Å². The highest BCUT2D eigenvalue weighted by Crippen LogP contribution is 2.36. The third-order valence-electron chi connectivity index (χ3n) is 4.95. The Balaban J connectivity index is 2.19. The third kappa shape index (κ3) is 3.52. The predicted molar refractivity (Wildman–Crippen MR) is 91.0 cm³/mol. The molecule has 0 radical (unpaired) electrons. The maximum atomic E-state index is 12.1. The van der Waals surface area contributed by atoms with Gasteiger partial charge in [-0.15, -0.1) is 0 Å². The number of hydrogen-bond acceptors (Lipinski definition) is 6. The van der Waals surface area contributed by atoms with Gasteiger partial charge in [-0.05, 0) is 51.7 Å². The lowest BCUT2D eigenvalue weighted by atomic mass is 9.74. The molecule has 0 aliphatic carbocycles. The molecule has 0 bridgehead atoms. The highest BCUT2D eigenvalue weighted by atomic mass is 16.5. The molecule has 0 aromatic carbocycles. The summed E-state index contributed by atoms with van der Waals surface area (Å²) in [7, 11) is 2.79. The molecule has 132 valence electrons. The van der Waals surface area contributed by atoms with E-state index in [1.807, 2.05) is 19.9 Å². The molecule has 1 aliphatic rings. The van der Waals surface area contributed by atoms with E-state index >= 15 is 0 Å². The van der Waals surface area contributed by atoms with E-state index in [-0.39, 0.29) is 17.9 Å². The summed E-state index contributed by atoms with van der Waals surface area (Å²) in [6.45, 7) is 7.30. The van der Waals surface area contributed by atoms with Gasteiger partial charge in [-0.25, -0.2) is 9.78 Å². The number of pyridine rings is 1. The van der Waals surface area contributed by atoms with Crippen LogP contribution in [0.3, 0.4) is 0 Å². The van der Waals surface area contributed by atoms with Crippen molar-refractivity contribution in [3.8, 4) is 0 Å². The van der Waals surface area contributed by atoms with Crippen LogP contribution in [0.1, 0.15) is 42.7 Å². The molecule has 1 aromatic rings. The summed E-state index contributed by atoms with van der Waals surface area (Å²) in [5.41, 5.74) is 0.590. The van der Waals surface area contributed by atoms with Gasteiger partial charge in [-0.2, -0.15) is 0 Å². The second kappa shape index (κ2) is 7.20. The monoisotopic (exact) mass is 334 g/mol. The number of esters is 2. The summed E-state index contributed by atoms with van der Waals surface area (Å²) in [5.74, 6) is 0.459. The van der Waals surface area contributed by atoms with E-state index in [1.54, 1.807) is 13.0 Å². The molecule has 0 spiro atoms. The Kier molecular flexibility index (Phi) is 5.47. The zero-order valence-corrected chi connectivity index (χ0v) is 15.1. The Labute approximate surface area is 143 Å². The van der Waals surface area contributed by atoms with Gasteiger partial charge >= 0.3 is 11.9 Å². The molecule has 1 fully saturated rings. The number of aromatic nitrogens is 1. The minimum atomic E-state index is -0.533. The van der Waals surface area contributed by atoms with Crippen LogP contribution in [0.4, 0.5) is 5.82 Å². The van der Waals surface area contributed by atoms with Crippen LogP contribution >= 0.6 is 0 Å². The Bertz CT molecular complexity index is 627. The first-order chi connectivity index (χ1) is 11.3. The van der Waals surface area contributed by atoms with E-state index in [9.17, 15) is 9.59 Å². The summed E-state index contributed by atoms with van der Waals surface area (Å²) in [6, 6.07) is 3.59. The third-order valence-corrected chi connectivity index (χ3v) is 4.95. The maximum Gasteiger partial charge on any atom is 0.339 e. The summed E-state index contributed by atoms with van der Waals surface area (Å²) in [4.78, 5) is 30.5. The van der Waals surface area contributed by atoms with Crippen molar-refractivity contribution < 1.29 is 19.1 Å². The minimum Gasteiger partial charge on any atom is -0.469 e. The number of piperidine rings is 1. The van der Waals surface area contributed by atoms with Gasteiger partial charge in [0, 0.05) is 13.1 Å². The van der Waals surface area contributed by atoms with Gasteiger partial charge in [0.1, 0.15) is 5.82 Å². The van der Waals surface area contributed by atoms with Crippen LogP contribution in [0, 0.1) is 18.3 Å². The smallest absolute Gasteiger partial charge is 0.339 e. The number of carbonyl (C=O) groups excluding carboxylic acids is 2. The van der Waals surface area contributed by atoms with Crippen LogP contribution in [-0.4, -0.2) is 44.2 Å². The average Bonchev–Trinajstić information content (AvgIpc) is 2.60. The van der Waals surface area contributed by atoms with Crippen molar-refractivity contribution in [3.05, 3.63) is 23.4 Å². The average molecular weight is 334 g/mol. The maximum absolute atomic E-state index is 12.1. The fourth-order valence-electron chi connectivity index (χ4n) is 3.25. The molecule has 1 aliphatic heterocycles. The summed E-state index contributed by atoms with van der Waals surface area (Å²) < 4.78 is 9.72. The molecule has 0 saturated carbocycles. The van der Waals surface area contributed by atoms with Crippen LogP contribution in [0.5, 0.6) is 0 Å². The second-order valence-electron chi connectivity index (χ2n) is 6.79. The number of hydrogen-bond donors (Lipinski definition) is 0. The first kappa shape index (κ1) is 18.2. The number of aryl methyl sites for hydroxylation is 1. The number of rotatable bonds is 4. The van der Waals surface area contributed by atoms with Crippen LogP contribution in [0.2, 0.25) is 0 Å². The molecule has 2 rings (SSSR count). The molecule has 0 amide bonds. The van der Waals surface area contributed by atoms with E-state index in [1.165, 1.54) is 14.2 Å². The van der Waals surface area contributed by atoms with Crippen molar-refractivity contribution in [2.45, 2.75) is 33.6 Å². The van der Waals surface area contributed by atoms with Crippen LogP contribution in [-0.2, 0) is 14.3 Å². The van der Waals surface area contributed by atoms with Crippen molar-refractivity contribution in [2.24, 2.45) is 11.3 Å². The Hall–Kier alpha value is -2.11. The van der Waals surface area contributed by atoms with E-state index in [2.05, 4.69) is 9.88 Å². The molecule has 6 nitrogen and oxygen atoms in total. The van der Waals surface area contributed by atoms with Gasteiger partial charge in [0.05, 0.1) is 30.9 Å². The SMILES string of the molecule is COC(=O)c1ccc(N2CCCC(C(C)(C)C(=O)OC)C2)nc1C. The normalized spacial score (nSPS) is 18.2. The van der Waals surface area contributed by atoms with Crippen molar-refractivity contribution >= 4 is 17.8 Å². The largest absolute Gasteiger partial charge is 0.469 e. The summed E-state index contributed by atoms with van der Waals surface area (Å²) in [5, 5.41) is 0. The highest BCUT2D eigenvalue weighted by Gasteiger charge is 2.40. The summed E-state index contributed by atoms with van der Waals surface area (Å²) in [6.07, 6.45) is 1.97. The summed E-state index contributed by atoms with van der Waals surface area (Å²) >= 11 is 0. The van der Waals surface area contributed by atoms with Crippen molar-refractivity contribution in [3.63, 3.8) is 0 Å². The molecule has 1 saturated heterocycles. The first-order valence-electron chi connectivity index (χ1n) is 8.20. The lowest BCUT2D eigenvalue weighted by molar-refractivity contribution is -0.154. The van der Waals surface area contributed by atoms with Gasteiger partial charge < -0.3 is 14.4 Å². The first-order valence-corrected chi connectivity index (χ1v) is 8.20. The van der Waals surface area contributed by atoms with Gasteiger partial charge in [0.15, 0.2) is 0 Å². The molecular weight excluding hydrogens is 308 g/mol. The zero-order valence-electron chi connectivity index (χ0n) is 15.1. The number of anilines is 1. The number of carbonyl (C=O) groups is 2. The molecule has 1 atom stereocenters. The van der Waals surface area contributed by atoms with Crippen LogP contribution in [0.25, 0.3) is 0 Å². The van der Waals surface area contributed by atoms with E-state index in [4.69, 9.17) is 9.47 Å². The molecule has 0 N–H and O–H groups in total. The van der Waals surface area contributed by atoms with Crippen molar-refractivity contribution in [2.75, 3.05) is 32.2 Å². The van der Waals surface area contributed by atoms with E-state index < -0.39 is 5.41 Å². The fourth-order valence-corrected chi connectivity index (χ4v) is 3.25. The van der Waals surface area contributed by atoms with Gasteiger partial charge in [0.2, 0.25) is 0 Å². The highest BCUT2D eigenvalue weighted by molar-refractivity contribution is 5.90. The quantitative estimate of drug-likeness (QED) is 0.788. The van der Waals surface area contributed by atoms with Gasteiger partial charge in [-0.3, -0.25) is 4.79 Å². The lowest BCUT2D eigenvalue weighted by Gasteiger charge is -2.40. The zero-order chi connectivity index (χ0) is 17.9. The van der Waals surface area contributed by atoms with Crippen molar-refractivity contribution in [1.82, 2.24) is 4.98 Å². The van der Waals surface area contributed by atoms with Gasteiger partial charge in [-0.1, -0.05) is 0 Å². The van der Waals surface area contributed by atoms with Gasteiger partial charge in [0.25, 0.3) is 0 Å². The predicted octanol–water partition coefficient (Wildman–Crippen LogP) is 2.59. The second-order valence-corrected chi connectivity index (χ2v) is 6.79.